The fourth-order valence-corrected chi connectivity index (χ4v) is 3.11. The smallest absolute Gasteiger partial charge is 0.243 e. The second-order valence-electron chi connectivity index (χ2n) is 6.23. The highest BCUT2D eigenvalue weighted by Gasteiger charge is 2.34. The molecule has 1 aromatic heterocycles. The predicted molar refractivity (Wildman–Crippen MR) is 95.0 cm³/mol. The first-order valence-corrected chi connectivity index (χ1v) is 8.51. The fraction of sp³-hybridized carbons (Fsp3) is 0.368. The molecule has 2 amide bonds. The Morgan fingerprint density at radius 3 is 2.76 bits per heavy atom. The van der Waals surface area contributed by atoms with Gasteiger partial charge in [-0.1, -0.05) is 18.2 Å². The zero-order valence-electron chi connectivity index (χ0n) is 14.4. The molecule has 1 unspecified atom stereocenters. The molecule has 1 atom stereocenters. The molecular formula is C19H23N3O3. The summed E-state index contributed by atoms with van der Waals surface area (Å²) < 4.78 is 5.22. The highest BCUT2D eigenvalue weighted by molar-refractivity contribution is 5.90. The average Bonchev–Trinajstić information content (AvgIpc) is 3.32. The summed E-state index contributed by atoms with van der Waals surface area (Å²) in [6, 6.07) is 13.0. The molecule has 3 rings (SSSR count). The Bertz CT molecular complexity index is 700. The molecule has 1 saturated heterocycles. The number of para-hydroxylation sites is 1. The molecule has 1 N–H and O–H groups in total. The third-order valence-corrected chi connectivity index (χ3v) is 4.46. The van der Waals surface area contributed by atoms with Crippen LogP contribution in [0.1, 0.15) is 18.6 Å². The van der Waals surface area contributed by atoms with Crippen LogP contribution >= 0.6 is 0 Å². The van der Waals surface area contributed by atoms with E-state index in [4.69, 9.17) is 4.42 Å². The predicted octanol–water partition coefficient (Wildman–Crippen LogP) is 2.02. The van der Waals surface area contributed by atoms with E-state index in [1.54, 1.807) is 17.2 Å². The number of nitrogens with one attached hydrogen (secondary N) is 1. The SMILES string of the molecule is CN(CC(=O)N1CCCC1C(=O)NCc1ccco1)c1ccccc1. The Balaban J connectivity index is 1.56. The number of hydrogen-bond donors (Lipinski definition) is 1. The van der Waals surface area contributed by atoms with Crippen LogP contribution in [-0.4, -0.2) is 42.9 Å². The second kappa shape index (κ2) is 7.88. The number of likely N-dealkylation sites (tertiary alicyclic amines) is 1. The molecule has 0 spiro atoms. The molecule has 25 heavy (non-hydrogen) atoms. The molecule has 6 heteroatoms. The number of carbonyl (C=O) groups is 2. The third-order valence-electron chi connectivity index (χ3n) is 4.46. The van der Waals surface area contributed by atoms with Gasteiger partial charge in [0.2, 0.25) is 11.8 Å². The van der Waals surface area contributed by atoms with Crippen molar-refractivity contribution in [1.29, 1.82) is 0 Å². The lowest BCUT2D eigenvalue weighted by Crippen LogP contribution is -2.48. The molecule has 0 saturated carbocycles. The minimum Gasteiger partial charge on any atom is -0.467 e. The number of hydrogen-bond acceptors (Lipinski definition) is 4. The van der Waals surface area contributed by atoms with Crippen molar-refractivity contribution in [2.45, 2.75) is 25.4 Å². The van der Waals surface area contributed by atoms with Crippen molar-refractivity contribution >= 4 is 17.5 Å². The van der Waals surface area contributed by atoms with E-state index in [9.17, 15) is 9.59 Å². The maximum atomic E-state index is 12.7. The van der Waals surface area contributed by atoms with Gasteiger partial charge in [0.15, 0.2) is 0 Å². The van der Waals surface area contributed by atoms with Gasteiger partial charge in [-0.15, -0.1) is 0 Å². The van der Waals surface area contributed by atoms with E-state index in [0.29, 0.717) is 25.3 Å². The number of carbonyl (C=O) groups excluding carboxylic acids is 2. The van der Waals surface area contributed by atoms with Crippen LogP contribution in [0.4, 0.5) is 5.69 Å². The van der Waals surface area contributed by atoms with Gasteiger partial charge in [-0.25, -0.2) is 0 Å². The van der Waals surface area contributed by atoms with Gasteiger partial charge in [0.25, 0.3) is 0 Å². The maximum absolute atomic E-state index is 12.7. The molecule has 0 aliphatic carbocycles. The van der Waals surface area contributed by atoms with Gasteiger partial charge in [0.05, 0.1) is 19.4 Å². The summed E-state index contributed by atoms with van der Waals surface area (Å²) in [6.45, 7) is 1.22. The quantitative estimate of drug-likeness (QED) is 0.873. The third kappa shape index (κ3) is 4.21. The van der Waals surface area contributed by atoms with Crippen LogP contribution in [0.25, 0.3) is 0 Å². The first kappa shape index (κ1) is 17.1. The monoisotopic (exact) mass is 341 g/mol. The maximum Gasteiger partial charge on any atom is 0.243 e. The average molecular weight is 341 g/mol. The summed E-state index contributed by atoms with van der Waals surface area (Å²) in [6.07, 6.45) is 3.12. The Labute approximate surface area is 147 Å². The van der Waals surface area contributed by atoms with E-state index in [-0.39, 0.29) is 18.4 Å². The number of nitrogens with zero attached hydrogens (tertiary/aromatic N) is 2. The van der Waals surface area contributed by atoms with Crippen LogP contribution in [0, 0.1) is 0 Å². The van der Waals surface area contributed by atoms with Crippen molar-refractivity contribution in [3.05, 3.63) is 54.5 Å². The summed E-state index contributed by atoms with van der Waals surface area (Å²) in [7, 11) is 1.88. The number of anilines is 1. The zero-order chi connectivity index (χ0) is 17.6. The summed E-state index contributed by atoms with van der Waals surface area (Å²) in [5.41, 5.74) is 0.980. The van der Waals surface area contributed by atoms with Crippen molar-refractivity contribution in [3.63, 3.8) is 0 Å². The molecule has 0 radical (unpaired) electrons. The number of likely N-dealkylation sites (N-methyl/N-ethyl adjacent to an activating group) is 1. The molecule has 0 bridgehead atoms. The van der Waals surface area contributed by atoms with Crippen molar-refractivity contribution in [2.24, 2.45) is 0 Å². The summed E-state index contributed by atoms with van der Waals surface area (Å²) in [4.78, 5) is 28.7. The number of furan rings is 1. The molecule has 6 nitrogen and oxygen atoms in total. The molecule has 2 heterocycles. The Morgan fingerprint density at radius 1 is 1.24 bits per heavy atom. The van der Waals surface area contributed by atoms with E-state index < -0.39 is 6.04 Å². The largest absolute Gasteiger partial charge is 0.467 e. The van der Waals surface area contributed by atoms with Gasteiger partial charge in [-0.3, -0.25) is 9.59 Å². The zero-order valence-corrected chi connectivity index (χ0v) is 14.4. The normalized spacial score (nSPS) is 16.7. The lowest BCUT2D eigenvalue weighted by atomic mass is 10.2. The van der Waals surface area contributed by atoms with Crippen molar-refractivity contribution < 1.29 is 14.0 Å². The van der Waals surface area contributed by atoms with Crippen LogP contribution < -0.4 is 10.2 Å². The molecule has 132 valence electrons. The molecular weight excluding hydrogens is 318 g/mol. The topological polar surface area (TPSA) is 65.8 Å². The van der Waals surface area contributed by atoms with E-state index >= 15 is 0 Å². The number of rotatable bonds is 6. The van der Waals surface area contributed by atoms with Gasteiger partial charge < -0.3 is 19.5 Å². The number of benzene rings is 1. The summed E-state index contributed by atoms with van der Waals surface area (Å²) in [5.74, 6) is 0.555. The van der Waals surface area contributed by atoms with E-state index in [0.717, 1.165) is 12.1 Å². The highest BCUT2D eigenvalue weighted by Crippen LogP contribution is 2.19. The standard InChI is InChI=1S/C19H23N3O3/c1-21(15-7-3-2-4-8-15)14-18(23)22-11-5-10-17(22)19(24)20-13-16-9-6-12-25-16/h2-4,6-9,12,17H,5,10-11,13-14H2,1H3,(H,20,24). The van der Waals surface area contributed by atoms with E-state index in [1.165, 1.54) is 0 Å². The first-order valence-electron chi connectivity index (χ1n) is 8.51. The van der Waals surface area contributed by atoms with Gasteiger partial charge in [-0.2, -0.15) is 0 Å². The minimum absolute atomic E-state index is 0.0259. The lowest BCUT2D eigenvalue weighted by Gasteiger charge is -2.27. The molecule has 1 aliphatic heterocycles. The second-order valence-corrected chi connectivity index (χ2v) is 6.23. The molecule has 1 aliphatic rings. The highest BCUT2D eigenvalue weighted by atomic mass is 16.3. The van der Waals surface area contributed by atoms with Crippen LogP contribution in [0.3, 0.4) is 0 Å². The fourth-order valence-electron chi connectivity index (χ4n) is 3.11. The Hall–Kier alpha value is -2.76. The Kier molecular flexibility index (Phi) is 5.38. The van der Waals surface area contributed by atoms with Crippen LogP contribution in [0.15, 0.2) is 53.1 Å². The summed E-state index contributed by atoms with van der Waals surface area (Å²) >= 11 is 0. The van der Waals surface area contributed by atoms with Crippen molar-refractivity contribution in [3.8, 4) is 0 Å². The molecule has 1 aromatic carbocycles. The van der Waals surface area contributed by atoms with Gasteiger partial charge in [0, 0.05) is 19.3 Å². The van der Waals surface area contributed by atoms with Gasteiger partial charge in [0.1, 0.15) is 11.8 Å². The molecule has 1 fully saturated rings. The summed E-state index contributed by atoms with van der Waals surface area (Å²) in [5, 5.41) is 2.86. The van der Waals surface area contributed by atoms with Crippen LogP contribution in [-0.2, 0) is 16.1 Å². The van der Waals surface area contributed by atoms with Crippen molar-refractivity contribution in [1.82, 2.24) is 10.2 Å². The Morgan fingerprint density at radius 2 is 2.04 bits per heavy atom. The molecule has 2 aromatic rings. The minimum atomic E-state index is -0.397. The van der Waals surface area contributed by atoms with Crippen LogP contribution in [0.5, 0.6) is 0 Å². The van der Waals surface area contributed by atoms with E-state index in [1.807, 2.05) is 48.3 Å². The first-order chi connectivity index (χ1) is 12.1. The van der Waals surface area contributed by atoms with Crippen molar-refractivity contribution in [2.75, 3.05) is 25.0 Å². The lowest BCUT2D eigenvalue weighted by molar-refractivity contribution is -0.137. The number of amides is 2. The van der Waals surface area contributed by atoms with Crippen LogP contribution in [0.2, 0.25) is 0 Å². The van der Waals surface area contributed by atoms with Gasteiger partial charge >= 0.3 is 0 Å². The van der Waals surface area contributed by atoms with Gasteiger partial charge in [-0.05, 0) is 37.1 Å². The van der Waals surface area contributed by atoms with E-state index in [2.05, 4.69) is 5.32 Å².